The molecule has 4 nitrogen and oxygen atoms in total. The molecule has 0 spiro atoms. The highest BCUT2D eigenvalue weighted by Gasteiger charge is 2.38. The van der Waals surface area contributed by atoms with Gasteiger partial charge in [-0.3, -0.25) is 4.57 Å². The van der Waals surface area contributed by atoms with E-state index in [2.05, 4.69) is 0 Å². The van der Waals surface area contributed by atoms with Crippen LogP contribution in [0.1, 0.15) is 25.3 Å². The van der Waals surface area contributed by atoms with Gasteiger partial charge in [0.05, 0.1) is 6.61 Å². The van der Waals surface area contributed by atoms with Gasteiger partial charge in [-0.15, -0.1) is 0 Å². The van der Waals surface area contributed by atoms with Gasteiger partial charge in [-0.25, -0.2) is 0 Å². The molecule has 0 saturated heterocycles. The Morgan fingerprint density at radius 1 is 1.08 bits per heavy atom. The van der Waals surface area contributed by atoms with Crippen LogP contribution in [-0.2, 0) is 9.09 Å². The number of nitrogens with zero attached hydrogens (tertiary/aromatic N) is 1. The average Bonchev–Trinajstić information content (AvgIpc) is 2.59. The number of rotatable bonds is 7. The fourth-order valence-corrected chi connectivity index (χ4v) is 5.46. The maximum atomic E-state index is 13.8. The average molecular weight is 416 g/mol. The zero-order valence-corrected chi connectivity index (χ0v) is 17.7. The number of hydrogen-bond acceptors (Lipinski definition) is 4. The molecule has 2 aromatic rings. The molecular weight excluding hydrogens is 392 g/mol. The van der Waals surface area contributed by atoms with Crippen molar-refractivity contribution in [3.63, 3.8) is 0 Å². The van der Waals surface area contributed by atoms with Crippen LogP contribution in [0, 0.1) is 5.92 Å². The normalized spacial score (nSPS) is 14.9. The van der Waals surface area contributed by atoms with Crippen LogP contribution < -0.4 is 10.2 Å². The first-order chi connectivity index (χ1) is 12.2. The number of halogens is 2. The monoisotopic (exact) mass is 415 g/mol. The van der Waals surface area contributed by atoms with Crippen LogP contribution in [0.2, 0.25) is 10.0 Å². The molecule has 0 aliphatic carbocycles. The Morgan fingerprint density at radius 2 is 1.62 bits per heavy atom. The van der Waals surface area contributed by atoms with Crippen molar-refractivity contribution in [3.8, 4) is 0 Å². The lowest BCUT2D eigenvalue weighted by molar-refractivity contribution is 0.203. The Kier molecular flexibility index (Phi) is 7.18. The lowest BCUT2D eigenvalue weighted by atomic mass is 10.2. The van der Waals surface area contributed by atoms with Gasteiger partial charge in [-0.05, 0) is 42.3 Å². The molecule has 2 atom stereocenters. The van der Waals surface area contributed by atoms with Crippen molar-refractivity contribution in [2.45, 2.75) is 19.7 Å². The topological polar surface area (TPSA) is 49.8 Å². The standard InChI is InChI=1S/C19H24Cl2NO3P/c1-13(2)12-25-26(24,15-10-8-14(9-11-15)22(3)4)19(23)18-16(20)6-5-7-17(18)21/h5-11,13,19,23H,12H2,1-4H3/t19-,26+/m0/s1. The second-order valence-corrected chi connectivity index (χ2v) is 9.98. The Balaban J connectivity index is 2.52. The molecule has 0 saturated carbocycles. The summed E-state index contributed by atoms with van der Waals surface area (Å²) in [6.45, 7) is 4.15. The van der Waals surface area contributed by atoms with Gasteiger partial charge in [-0.1, -0.05) is 43.1 Å². The van der Waals surface area contributed by atoms with Crippen LogP contribution in [0.5, 0.6) is 0 Å². The summed E-state index contributed by atoms with van der Waals surface area (Å²) in [5.74, 6) is -1.30. The highest BCUT2D eigenvalue weighted by Crippen LogP contribution is 2.60. The van der Waals surface area contributed by atoms with Gasteiger partial charge in [0.25, 0.3) is 7.37 Å². The summed E-state index contributed by atoms with van der Waals surface area (Å²) in [5, 5.41) is 11.9. The number of benzene rings is 2. The van der Waals surface area contributed by atoms with E-state index in [0.29, 0.717) is 5.30 Å². The van der Waals surface area contributed by atoms with Crippen molar-refractivity contribution < 1.29 is 14.2 Å². The quantitative estimate of drug-likeness (QED) is 0.621. The van der Waals surface area contributed by atoms with Crippen molar-refractivity contribution in [3.05, 3.63) is 58.1 Å². The summed E-state index contributed by atoms with van der Waals surface area (Å²) in [7, 11) is 0.163. The van der Waals surface area contributed by atoms with Gasteiger partial charge in [0, 0.05) is 40.7 Å². The molecule has 2 rings (SSSR count). The van der Waals surface area contributed by atoms with Crippen LogP contribution in [0.25, 0.3) is 0 Å². The third-order valence-corrected chi connectivity index (χ3v) is 7.02. The molecule has 0 aliphatic heterocycles. The summed E-state index contributed by atoms with van der Waals surface area (Å²) in [6, 6.07) is 12.0. The van der Waals surface area contributed by atoms with Crippen molar-refractivity contribution in [1.82, 2.24) is 0 Å². The Morgan fingerprint density at radius 3 is 2.08 bits per heavy atom. The first-order valence-electron chi connectivity index (χ1n) is 8.31. The number of hydrogen-bond donors (Lipinski definition) is 1. The molecule has 0 amide bonds. The van der Waals surface area contributed by atoms with Gasteiger partial charge >= 0.3 is 0 Å². The lowest BCUT2D eigenvalue weighted by Crippen LogP contribution is -2.18. The van der Waals surface area contributed by atoms with Gasteiger partial charge in [0.2, 0.25) is 0 Å². The van der Waals surface area contributed by atoms with Crippen LogP contribution in [0.4, 0.5) is 5.69 Å². The summed E-state index contributed by atoms with van der Waals surface area (Å²) in [4.78, 5) is 1.94. The minimum Gasteiger partial charge on any atom is -0.378 e. The smallest absolute Gasteiger partial charge is 0.264 e. The number of anilines is 1. The molecule has 0 aromatic heterocycles. The minimum absolute atomic E-state index is 0.151. The lowest BCUT2D eigenvalue weighted by Gasteiger charge is -2.27. The molecule has 0 radical (unpaired) electrons. The van der Waals surface area contributed by atoms with Crippen LogP contribution >= 0.6 is 30.6 Å². The van der Waals surface area contributed by atoms with Crippen molar-refractivity contribution in [1.29, 1.82) is 0 Å². The van der Waals surface area contributed by atoms with Gasteiger partial charge in [-0.2, -0.15) is 0 Å². The second kappa shape index (κ2) is 8.77. The Hall–Kier alpha value is -1.03. The van der Waals surface area contributed by atoms with Crippen molar-refractivity contribution in [2.24, 2.45) is 5.92 Å². The fraction of sp³-hybridized carbons (Fsp3) is 0.368. The van der Waals surface area contributed by atoms with Gasteiger partial charge in [0.1, 0.15) is 0 Å². The van der Waals surface area contributed by atoms with Crippen molar-refractivity contribution in [2.75, 3.05) is 25.6 Å². The zero-order valence-electron chi connectivity index (χ0n) is 15.3. The van der Waals surface area contributed by atoms with E-state index < -0.39 is 13.2 Å². The van der Waals surface area contributed by atoms with Gasteiger partial charge < -0.3 is 14.5 Å². The van der Waals surface area contributed by atoms with E-state index in [1.165, 1.54) is 0 Å². The molecule has 0 heterocycles. The fourth-order valence-electron chi connectivity index (χ4n) is 2.43. The highest BCUT2D eigenvalue weighted by atomic mass is 35.5. The van der Waals surface area contributed by atoms with E-state index in [4.69, 9.17) is 27.7 Å². The first kappa shape index (κ1) is 21.3. The summed E-state index contributed by atoms with van der Waals surface area (Å²) in [6.07, 6.45) is 0. The summed E-state index contributed by atoms with van der Waals surface area (Å²) >= 11 is 12.4. The van der Waals surface area contributed by atoms with E-state index in [0.717, 1.165) is 5.69 Å². The van der Waals surface area contributed by atoms with E-state index in [1.54, 1.807) is 30.3 Å². The molecule has 1 N–H and O–H groups in total. The first-order valence-corrected chi connectivity index (χ1v) is 10.8. The molecule has 7 heteroatoms. The minimum atomic E-state index is -3.67. The molecule has 142 valence electrons. The number of aliphatic hydroxyl groups excluding tert-OH is 1. The summed E-state index contributed by atoms with van der Waals surface area (Å²) in [5.41, 5.74) is 1.18. The van der Waals surface area contributed by atoms with Crippen LogP contribution in [0.15, 0.2) is 42.5 Å². The van der Waals surface area contributed by atoms with Crippen LogP contribution in [0.3, 0.4) is 0 Å². The molecule has 0 aliphatic rings. The van der Waals surface area contributed by atoms with E-state index in [-0.39, 0.29) is 28.1 Å². The zero-order chi connectivity index (χ0) is 19.5. The maximum Gasteiger partial charge on any atom is 0.264 e. The van der Waals surface area contributed by atoms with Crippen LogP contribution in [-0.4, -0.2) is 25.8 Å². The molecule has 0 bridgehead atoms. The largest absolute Gasteiger partial charge is 0.378 e. The Bertz CT molecular complexity index is 774. The third kappa shape index (κ3) is 4.62. The predicted octanol–water partition coefficient (Wildman–Crippen LogP) is 5.33. The molecule has 26 heavy (non-hydrogen) atoms. The summed E-state index contributed by atoms with van der Waals surface area (Å²) < 4.78 is 19.6. The molecule has 2 aromatic carbocycles. The second-order valence-electron chi connectivity index (χ2n) is 6.71. The predicted molar refractivity (Wildman–Crippen MR) is 110 cm³/mol. The highest BCUT2D eigenvalue weighted by molar-refractivity contribution is 7.67. The van der Waals surface area contributed by atoms with E-state index >= 15 is 0 Å². The SMILES string of the molecule is CC(C)CO[P@](=O)(c1ccc(N(C)C)cc1)[C@H](O)c1c(Cl)cccc1Cl. The molecule has 0 fully saturated rings. The van der Waals surface area contributed by atoms with Crippen molar-refractivity contribution >= 4 is 41.6 Å². The third-order valence-electron chi connectivity index (χ3n) is 3.91. The molecular formula is C19H24Cl2NO3P. The maximum absolute atomic E-state index is 13.8. The number of aliphatic hydroxyl groups is 1. The van der Waals surface area contributed by atoms with E-state index in [1.807, 2.05) is 45.0 Å². The molecule has 0 unspecified atom stereocenters. The van der Waals surface area contributed by atoms with E-state index in [9.17, 15) is 9.67 Å². The van der Waals surface area contributed by atoms with Gasteiger partial charge in [0.15, 0.2) is 5.85 Å². The Labute approximate surface area is 165 Å².